The number of hydrogen-bond donors (Lipinski definition) is 1. The number of fused-ring (bicyclic) bond motifs is 1. The molecule has 0 amide bonds. The molecule has 4 rings (SSSR count). The number of rotatable bonds is 5. The van der Waals surface area contributed by atoms with Crippen LogP contribution in [0.15, 0.2) is 63.1 Å². The van der Waals surface area contributed by atoms with E-state index in [-0.39, 0.29) is 16.7 Å². The lowest BCUT2D eigenvalue weighted by Crippen LogP contribution is -2.17. The zero-order valence-electron chi connectivity index (χ0n) is 16.7. The second-order valence-corrected chi connectivity index (χ2v) is 8.57. The third kappa shape index (κ3) is 4.16. The standard InChI is InChI=1S/C21H20N4O4S/c1-21(2,3)13-7-4-5-8-14(13)29-18(27)12-30-20-23-19(15-9-6-10-28-15)22-16-11-17(26)24-25(16)20/h4-11H,12H2,1-3H3,(H,24,26). The molecule has 0 aliphatic carbocycles. The molecular formula is C21H20N4O4S. The Balaban J connectivity index is 1.57. The number of hydrogen-bond acceptors (Lipinski definition) is 7. The van der Waals surface area contributed by atoms with Gasteiger partial charge in [0.1, 0.15) is 5.75 Å². The van der Waals surface area contributed by atoms with E-state index in [4.69, 9.17) is 9.15 Å². The lowest BCUT2D eigenvalue weighted by atomic mass is 9.86. The van der Waals surface area contributed by atoms with E-state index in [9.17, 15) is 9.59 Å². The highest BCUT2D eigenvalue weighted by Gasteiger charge is 2.21. The van der Waals surface area contributed by atoms with Gasteiger partial charge in [0.15, 0.2) is 22.4 Å². The number of carbonyl (C=O) groups is 1. The Kier molecular flexibility index (Phi) is 5.21. The van der Waals surface area contributed by atoms with Gasteiger partial charge in [0.25, 0.3) is 5.56 Å². The first-order valence-electron chi connectivity index (χ1n) is 9.28. The predicted octanol–water partition coefficient (Wildman–Crippen LogP) is 3.67. The number of aromatic amines is 1. The van der Waals surface area contributed by atoms with Gasteiger partial charge in [0.2, 0.25) is 0 Å². The van der Waals surface area contributed by atoms with Crippen molar-refractivity contribution < 1.29 is 13.9 Å². The van der Waals surface area contributed by atoms with Gasteiger partial charge in [0.05, 0.1) is 12.0 Å². The molecule has 0 saturated heterocycles. The normalized spacial score (nSPS) is 11.7. The Labute approximate surface area is 176 Å². The highest BCUT2D eigenvalue weighted by molar-refractivity contribution is 7.99. The molecule has 1 aromatic carbocycles. The van der Waals surface area contributed by atoms with Crippen LogP contribution < -0.4 is 10.3 Å². The molecule has 1 N–H and O–H groups in total. The maximum absolute atomic E-state index is 12.5. The summed E-state index contributed by atoms with van der Waals surface area (Å²) in [5.74, 6) is 0.914. The third-order valence-electron chi connectivity index (χ3n) is 4.30. The molecule has 3 heterocycles. The van der Waals surface area contributed by atoms with Crippen LogP contribution in [-0.4, -0.2) is 31.3 Å². The summed E-state index contributed by atoms with van der Waals surface area (Å²) in [5, 5.41) is 3.03. The van der Waals surface area contributed by atoms with E-state index in [1.807, 2.05) is 18.2 Å². The molecule has 0 atom stereocenters. The summed E-state index contributed by atoms with van der Waals surface area (Å²) in [7, 11) is 0. The van der Waals surface area contributed by atoms with Gasteiger partial charge in [-0.3, -0.25) is 14.7 Å². The van der Waals surface area contributed by atoms with Crippen molar-refractivity contribution in [2.24, 2.45) is 0 Å². The maximum Gasteiger partial charge on any atom is 0.321 e. The number of para-hydroxylation sites is 1. The summed E-state index contributed by atoms with van der Waals surface area (Å²) in [4.78, 5) is 33.1. The molecule has 8 nitrogen and oxygen atoms in total. The molecular weight excluding hydrogens is 404 g/mol. The molecule has 0 bridgehead atoms. The monoisotopic (exact) mass is 424 g/mol. The van der Waals surface area contributed by atoms with Crippen molar-refractivity contribution in [3.63, 3.8) is 0 Å². The second-order valence-electron chi connectivity index (χ2n) is 7.63. The molecule has 0 spiro atoms. The van der Waals surface area contributed by atoms with Gasteiger partial charge >= 0.3 is 5.97 Å². The lowest BCUT2D eigenvalue weighted by Gasteiger charge is -2.21. The highest BCUT2D eigenvalue weighted by Crippen LogP contribution is 2.31. The van der Waals surface area contributed by atoms with E-state index in [1.54, 1.807) is 18.2 Å². The van der Waals surface area contributed by atoms with Crippen molar-refractivity contribution in [1.82, 2.24) is 19.6 Å². The van der Waals surface area contributed by atoms with Crippen molar-refractivity contribution >= 4 is 23.4 Å². The van der Waals surface area contributed by atoms with Crippen LogP contribution in [0.2, 0.25) is 0 Å². The van der Waals surface area contributed by atoms with Gasteiger partial charge in [-0.05, 0) is 23.6 Å². The Hall–Kier alpha value is -3.33. The van der Waals surface area contributed by atoms with Crippen molar-refractivity contribution in [3.05, 3.63) is 64.6 Å². The largest absolute Gasteiger partial charge is 0.461 e. The minimum absolute atomic E-state index is 0.00238. The van der Waals surface area contributed by atoms with Crippen molar-refractivity contribution in [3.8, 4) is 17.3 Å². The van der Waals surface area contributed by atoms with Crippen LogP contribution in [0.4, 0.5) is 0 Å². The summed E-state index contributed by atoms with van der Waals surface area (Å²) < 4.78 is 12.4. The number of thioether (sulfide) groups is 1. The fourth-order valence-corrected chi connectivity index (χ4v) is 3.67. The van der Waals surface area contributed by atoms with Crippen LogP contribution in [0.5, 0.6) is 5.75 Å². The van der Waals surface area contributed by atoms with E-state index >= 15 is 0 Å². The quantitative estimate of drug-likeness (QED) is 0.296. The summed E-state index contributed by atoms with van der Waals surface area (Å²) >= 11 is 1.14. The van der Waals surface area contributed by atoms with Crippen LogP contribution >= 0.6 is 11.8 Å². The van der Waals surface area contributed by atoms with Crippen molar-refractivity contribution in [2.45, 2.75) is 31.3 Å². The summed E-state index contributed by atoms with van der Waals surface area (Å²) in [6.45, 7) is 6.18. The van der Waals surface area contributed by atoms with E-state index in [0.717, 1.165) is 17.3 Å². The first kappa shape index (κ1) is 20.0. The van der Waals surface area contributed by atoms with Crippen LogP contribution in [0.25, 0.3) is 17.2 Å². The van der Waals surface area contributed by atoms with Crippen LogP contribution in [0, 0.1) is 0 Å². The van der Waals surface area contributed by atoms with Gasteiger partial charge in [-0.25, -0.2) is 9.50 Å². The predicted molar refractivity (Wildman–Crippen MR) is 113 cm³/mol. The number of esters is 1. The lowest BCUT2D eigenvalue weighted by molar-refractivity contribution is -0.131. The maximum atomic E-state index is 12.5. The first-order chi connectivity index (χ1) is 14.3. The number of aromatic nitrogens is 4. The number of benzene rings is 1. The van der Waals surface area contributed by atoms with Gasteiger partial charge in [-0.15, -0.1) is 0 Å². The smallest absolute Gasteiger partial charge is 0.321 e. The molecule has 4 aromatic rings. The Morgan fingerprint density at radius 1 is 1.20 bits per heavy atom. The number of nitrogens with one attached hydrogen (secondary N) is 1. The van der Waals surface area contributed by atoms with Crippen molar-refractivity contribution in [2.75, 3.05) is 5.75 Å². The van der Waals surface area contributed by atoms with E-state index < -0.39 is 5.97 Å². The zero-order chi connectivity index (χ0) is 21.3. The minimum Gasteiger partial charge on any atom is -0.461 e. The van der Waals surface area contributed by atoms with Gasteiger partial charge in [-0.2, -0.15) is 4.98 Å². The molecule has 0 unspecified atom stereocenters. The van der Waals surface area contributed by atoms with E-state index in [0.29, 0.717) is 28.1 Å². The topological polar surface area (TPSA) is 102 Å². The number of ether oxygens (including phenoxy) is 1. The number of carbonyl (C=O) groups excluding carboxylic acids is 1. The number of H-pyrrole nitrogens is 1. The molecule has 9 heteroatoms. The fourth-order valence-electron chi connectivity index (χ4n) is 2.95. The average molecular weight is 424 g/mol. The first-order valence-corrected chi connectivity index (χ1v) is 10.3. The fraction of sp³-hybridized carbons (Fsp3) is 0.238. The Morgan fingerprint density at radius 3 is 2.73 bits per heavy atom. The molecule has 0 fully saturated rings. The summed E-state index contributed by atoms with van der Waals surface area (Å²) in [6, 6.07) is 12.3. The molecule has 0 aliphatic heterocycles. The van der Waals surface area contributed by atoms with Gasteiger partial charge < -0.3 is 9.15 Å². The molecule has 3 aromatic heterocycles. The molecule has 0 radical (unpaired) electrons. The van der Waals surface area contributed by atoms with Crippen LogP contribution in [0.1, 0.15) is 26.3 Å². The summed E-state index contributed by atoms with van der Waals surface area (Å²) in [6.07, 6.45) is 1.52. The molecule has 0 saturated carbocycles. The number of nitrogens with zero attached hydrogens (tertiary/aromatic N) is 3. The second kappa shape index (κ2) is 7.83. The summed E-state index contributed by atoms with van der Waals surface area (Å²) in [5.41, 5.74) is 0.855. The SMILES string of the molecule is CC(C)(C)c1ccccc1OC(=O)CSc1nc(-c2ccco2)nc2cc(=O)[nH]n12. The average Bonchev–Trinajstić information content (AvgIpc) is 3.34. The van der Waals surface area contributed by atoms with Crippen LogP contribution in [0.3, 0.4) is 0 Å². The minimum atomic E-state index is -0.419. The van der Waals surface area contributed by atoms with Crippen molar-refractivity contribution in [1.29, 1.82) is 0 Å². The van der Waals surface area contributed by atoms with Gasteiger partial charge in [-0.1, -0.05) is 50.7 Å². The van der Waals surface area contributed by atoms with Crippen LogP contribution in [-0.2, 0) is 10.2 Å². The highest BCUT2D eigenvalue weighted by atomic mass is 32.2. The molecule has 0 aliphatic rings. The van der Waals surface area contributed by atoms with Gasteiger partial charge in [0, 0.05) is 11.6 Å². The molecule has 30 heavy (non-hydrogen) atoms. The Morgan fingerprint density at radius 2 is 2.00 bits per heavy atom. The number of furan rings is 1. The zero-order valence-corrected chi connectivity index (χ0v) is 17.5. The Bertz CT molecular complexity index is 1250. The van der Waals surface area contributed by atoms with E-state index in [1.165, 1.54) is 16.8 Å². The molecule has 154 valence electrons. The third-order valence-corrected chi connectivity index (χ3v) is 5.22. The van der Waals surface area contributed by atoms with E-state index in [2.05, 4.69) is 35.8 Å².